The van der Waals surface area contributed by atoms with E-state index in [4.69, 9.17) is 93.8 Å². The molecule has 0 aromatic heterocycles. The Hall–Kier alpha value is -7.44. The van der Waals surface area contributed by atoms with Crippen LogP contribution in [-0.4, -0.2) is 98.4 Å². The molecule has 6 heterocycles. The van der Waals surface area contributed by atoms with Crippen molar-refractivity contribution in [1.29, 1.82) is 0 Å². The van der Waals surface area contributed by atoms with Gasteiger partial charge in [-0.25, -0.2) is 0 Å². The lowest BCUT2D eigenvalue weighted by molar-refractivity contribution is -0.144. The minimum Gasteiger partial charge on any atom is -0.491 e. The van der Waals surface area contributed by atoms with Gasteiger partial charge in [-0.15, -0.1) is 0 Å². The van der Waals surface area contributed by atoms with Gasteiger partial charge in [0.25, 0.3) is 23.6 Å². The van der Waals surface area contributed by atoms with Gasteiger partial charge in [0, 0.05) is 80.2 Å². The summed E-state index contributed by atoms with van der Waals surface area (Å²) in [5.41, 5.74) is 0.0784. The molecule has 20 heteroatoms. The Labute approximate surface area is 553 Å². The molecule has 0 saturated carbocycles. The van der Waals surface area contributed by atoms with Crippen LogP contribution in [0.25, 0.3) is 11.1 Å². The zero-order valence-electron chi connectivity index (χ0n) is 51.6. The van der Waals surface area contributed by atoms with Crippen LogP contribution >= 0.6 is 46.4 Å². The van der Waals surface area contributed by atoms with Gasteiger partial charge < -0.3 is 47.4 Å². The molecule has 6 atom stereocenters. The number of amides is 4. The standard InChI is InChI=1S/C72H70Cl4N2O14/c1-5-7-9-11-17-43(3)77-65(79)53-39-69(73)61-59-57(53)54(66(77)80)40-70(74)62(59)64-60-58-55(41-71(75,63(60)61)91-51-25-15-22-48(37-51)88-34-30-84-28-32-86-46-20-14-24-50(36-46)90-70)67(81)78(44(4)18-12-10-8-6-2)68(82)56(58)42-72(64,76)92-52-26-16-21-47(38-52)87-33-29-83-27-31-85-45-19-13-23-49(35-45)89-69/h13-16,19-26,35-44H,5-12,17-18,27-34H2,1-4H3. The van der Waals surface area contributed by atoms with Crippen molar-refractivity contribution in [1.82, 2.24) is 9.80 Å². The van der Waals surface area contributed by atoms with Gasteiger partial charge in [-0.2, -0.15) is 0 Å². The van der Waals surface area contributed by atoms with E-state index in [1.807, 2.05) is 13.8 Å². The Morgan fingerprint density at radius 2 is 0.641 bits per heavy atom. The highest BCUT2D eigenvalue weighted by Crippen LogP contribution is 2.57. The zero-order chi connectivity index (χ0) is 64.1. The van der Waals surface area contributed by atoms with Crippen LogP contribution < -0.4 is 48.3 Å². The van der Waals surface area contributed by atoms with Crippen molar-refractivity contribution in [3.8, 4) is 46.0 Å². The normalized spacial score (nSPS) is 24.7. The van der Waals surface area contributed by atoms with Crippen LogP contribution in [0.5, 0.6) is 46.0 Å². The molecule has 0 spiro atoms. The number of carbonyl (C=O) groups excluding carboxylic acids is 4. The lowest BCUT2D eigenvalue weighted by Gasteiger charge is -2.48. The summed E-state index contributed by atoms with van der Waals surface area (Å²) in [6.45, 7) is 9.26. The third-order valence-electron chi connectivity index (χ3n) is 17.7. The van der Waals surface area contributed by atoms with Crippen LogP contribution in [0.15, 0.2) is 144 Å². The van der Waals surface area contributed by atoms with Crippen LogP contribution in [0.4, 0.5) is 0 Å². The van der Waals surface area contributed by atoms with Crippen molar-refractivity contribution in [2.24, 2.45) is 0 Å². The molecule has 15 rings (SSSR count). The van der Waals surface area contributed by atoms with E-state index in [0.29, 0.717) is 35.8 Å². The van der Waals surface area contributed by atoms with Gasteiger partial charge in [0.15, 0.2) is 0 Å². The second-order valence-electron chi connectivity index (χ2n) is 24.1. The fourth-order valence-electron chi connectivity index (χ4n) is 13.5. The van der Waals surface area contributed by atoms with Gasteiger partial charge in [-0.3, -0.25) is 29.0 Å². The van der Waals surface area contributed by atoms with E-state index < -0.39 is 56.0 Å². The number of ether oxygens (including phenoxy) is 10. The molecular formula is C72H70Cl4N2O14. The Balaban J connectivity index is 1.20. The Morgan fingerprint density at radius 3 is 0.902 bits per heavy atom. The second kappa shape index (κ2) is 25.8. The van der Waals surface area contributed by atoms with Gasteiger partial charge >= 0.3 is 0 Å². The van der Waals surface area contributed by atoms with Crippen molar-refractivity contribution < 1.29 is 66.5 Å². The summed E-state index contributed by atoms with van der Waals surface area (Å²) in [5.74, 6) is -0.523. The SMILES string of the molecule is CCCCCCC(C)N1C(=O)C2=CC3(Cl)Oc4cccc(c4)OCCOCCOc4cccc(c4)OC4(Cl)C=C5C(=O)N(C(C)CCCCCC)C(=O)C6=CC7(Cl)Oc8cccc(c8)OCCOCCOc8cccc(c8)OC8(Cl)C=C(C1=O)C2=c1c3c7c(c4c18)=C65. The van der Waals surface area contributed by atoms with Crippen molar-refractivity contribution in [3.63, 3.8) is 0 Å². The van der Waals surface area contributed by atoms with E-state index in [1.54, 1.807) is 97.1 Å². The van der Waals surface area contributed by atoms with Crippen LogP contribution in [0.2, 0.25) is 0 Å². The van der Waals surface area contributed by atoms with Gasteiger partial charge in [-0.05, 0) is 99.5 Å². The largest absolute Gasteiger partial charge is 0.491 e. The number of piperidine rings is 2. The maximum atomic E-state index is 16.0. The first-order valence-electron chi connectivity index (χ1n) is 31.7. The number of hydrogen-bond acceptors (Lipinski definition) is 14. The van der Waals surface area contributed by atoms with Crippen molar-refractivity contribution in [2.45, 2.75) is 124 Å². The van der Waals surface area contributed by atoms with Crippen molar-refractivity contribution >= 4 is 81.2 Å². The summed E-state index contributed by atoms with van der Waals surface area (Å²) >= 11 is 34.2. The number of rotatable bonds is 12. The molecule has 6 unspecified atom stereocenters. The number of nitrogens with zero attached hydrogens (tertiary/aromatic N) is 2. The molecule has 18 bridgehead atoms. The van der Waals surface area contributed by atoms with Gasteiger partial charge in [0.2, 0.25) is 20.2 Å². The molecule has 92 heavy (non-hydrogen) atoms. The Bertz CT molecular complexity index is 3600. The second-order valence-corrected chi connectivity index (χ2v) is 26.3. The Kier molecular flexibility index (Phi) is 17.8. The van der Waals surface area contributed by atoms with Crippen LogP contribution in [-0.2, 0) is 48.9 Å². The predicted molar refractivity (Wildman–Crippen MR) is 347 cm³/mol. The molecule has 5 aromatic rings. The fraction of sp³-hybridized carbons (Fsp3) is 0.389. The number of benzene rings is 5. The minimum absolute atomic E-state index is 0.00854. The number of fused-ring (bicyclic) bond motifs is 12. The minimum atomic E-state index is -2.38. The smallest absolute Gasteiger partial charge is 0.261 e. The third kappa shape index (κ3) is 11.7. The molecule has 2 fully saturated rings. The lowest BCUT2D eigenvalue weighted by Crippen LogP contribution is -2.60. The summed E-state index contributed by atoms with van der Waals surface area (Å²) in [4.78, 5) is 66.6. The number of halogens is 4. The molecular weight excluding hydrogens is 1260 g/mol. The van der Waals surface area contributed by atoms with Crippen LogP contribution in [0.1, 0.15) is 114 Å². The molecule has 0 N–H and O–H groups in total. The topological polar surface area (TPSA) is 167 Å². The quantitative estimate of drug-likeness (QED) is 0.0501. The molecule has 16 nitrogen and oxygen atoms in total. The molecule has 4 aliphatic carbocycles. The predicted octanol–water partition coefficient (Wildman–Crippen LogP) is 12.7. The van der Waals surface area contributed by atoms with E-state index in [0.717, 1.165) is 51.4 Å². The number of alkyl halides is 4. The van der Waals surface area contributed by atoms with Crippen LogP contribution in [0.3, 0.4) is 0 Å². The van der Waals surface area contributed by atoms with E-state index >= 15 is 19.2 Å². The first kappa shape index (κ1) is 63.3. The average molecular weight is 1330 g/mol. The van der Waals surface area contributed by atoms with E-state index in [2.05, 4.69) is 13.8 Å². The molecule has 0 radical (unpaired) electrons. The molecule has 4 amide bonds. The number of carbonyl (C=O) groups is 4. The number of imide groups is 2. The molecule has 2 saturated heterocycles. The molecule has 10 aliphatic rings. The number of unbranched alkanes of at least 4 members (excludes halogenated alkanes) is 6. The number of hydrogen-bond donors (Lipinski definition) is 0. The maximum Gasteiger partial charge on any atom is 0.261 e. The Morgan fingerprint density at radius 1 is 0.380 bits per heavy atom. The van der Waals surface area contributed by atoms with Gasteiger partial charge in [-0.1, -0.05) is 136 Å². The first-order valence-corrected chi connectivity index (χ1v) is 33.2. The lowest BCUT2D eigenvalue weighted by atomic mass is 9.67. The summed E-state index contributed by atoms with van der Waals surface area (Å²) in [5, 5.41) is -9.43. The van der Waals surface area contributed by atoms with E-state index in [-0.39, 0.29) is 142 Å². The van der Waals surface area contributed by atoms with Gasteiger partial charge in [0.1, 0.15) is 72.4 Å². The van der Waals surface area contributed by atoms with Crippen molar-refractivity contribution in [2.75, 3.05) is 52.9 Å². The monoisotopic (exact) mass is 1330 g/mol. The summed E-state index contributed by atoms with van der Waals surface area (Å²) in [6, 6.07) is 25.9. The van der Waals surface area contributed by atoms with Gasteiger partial charge in [0.05, 0.1) is 48.7 Å². The fourth-order valence-corrected chi connectivity index (χ4v) is 15.1. The maximum absolute atomic E-state index is 16.0. The first-order chi connectivity index (χ1) is 44.4. The molecule has 6 aliphatic heterocycles. The third-order valence-corrected chi connectivity index (χ3v) is 19.2. The summed E-state index contributed by atoms with van der Waals surface area (Å²) < 4.78 is 66.0. The van der Waals surface area contributed by atoms with E-state index in [1.165, 1.54) is 34.1 Å². The highest BCUT2D eigenvalue weighted by molar-refractivity contribution is 6.37. The molecule has 5 aromatic carbocycles. The summed E-state index contributed by atoms with van der Waals surface area (Å²) in [7, 11) is 0. The molecule has 480 valence electrons. The summed E-state index contributed by atoms with van der Waals surface area (Å²) in [6.07, 6.45) is 14.0. The highest BCUT2D eigenvalue weighted by atomic mass is 35.5. The zero-order valence-corrected chi connectivity index (χ0v) is 54.6. The van der Waals surface area contributed by atoms with Crippen molar-refractivity contribution in [3.05, 3.63) is 176 Å². The van der Waals surface area contributed by atoms with Crippen LogP contribution in [0, 0.1) is 0 Å². The van der Waals surface area contributed by atoms with E-state index in [9.17, 15) is 0 Å². The average Bonchev–Trinajstić information content (AvgIpc) is 0.656. The number of likely N-dealkylation sites (tertiary alicyclic amines) is 2. The highest BCUT2D eigenvalue weighted by Gasteiger charge is 2.61.